The number of rotatable bonds is 5. The van der Waals surface area contributed by atoms with Crippen LogP contribution >= 0.6 is 11.3 Å². The molecule has 1 atom stereocenters. The van der Waals surface area contributed by atoms with Crippen LogP contribution in [0.15, 0.2) is 17.5 Å². The van der Waals surface area contributed by atoms with Crippen LogP contribution in [0.2, 0.25) is 0 Å². The predicted molar refractivity (Wildman–Crippen MR) is 53.1 cm³/mol. The number of aliphatic carboxylic acids is 1. The molecule has 1 unspecified atom stereocenters. The molecule has 14 heavy (non-hydrogen) atoms. The summed E-state index contributed by atoms with van der Waals surface area (Å²) >= 11 is 1.44. The normalized spacial score (nSPS) is 12.3. The first kappa shape index (κ1) is 10.7. The van der Waals surface area contributed by atoms with E-state index < -0.39 is 11.9 Å². The standard InChI is InChI=1S/C9H11NO3S/c10-8(11)4-6(5-9(12)13)7-2-1-3-14-7/h1-3,6H,4-5H2,(H2,10,11)(H,12,13). The van der Waals surface area contributed by atoms with Gasteiger partial charge in [0.1, 0.15) is 0 Å². The number of carboxylic acids is 1. The molecule has 76 valence electrons. The fourth-order valence-electron chi connectivity index (χ4n) is 1.25. The van der Waals surface area contributed by atoms with Crippen molar-refractivity contribution in [1.29, 1.82) is 0 Å². The van der Waals surface area contributed by atoms with E-state index in [-0.39, 0.29) is 18.8 Å². The van der Waals surface area contributed by atoms with Crippen LogP contribution in [-0.2, 0) is 9.59 Å². The van der Waals surface area contributed by atoms with Gasteiger partial charge in [-0.2, -0.15) is 0 Å². The Kier molecular flexibility index (Phi) is 3.64. The van der Waals surface area contributed by atoms with Gasteiger partial charge in [0.15, 0.2) is 0 Å². The van der Waals surface area contributed by atoms with Crippen LogP contribution in [0.5, 0.6) is 0 Å². The van der Waals surface area contributed by atoms with Crippen molar-refractivity contribution in [3.05, 3.63) is 22.4 Å². The largest absolute Gasteiger partial charge is 0.481 e. The summed E-state index contributed by atoms with van der Waals surface area (Å²) in [6.07, 6.45) is 0.0380. The minimum atomic E-state index is -0.912. The van der Waals surface area contributed by atoms with Crippen LogP contribution in [0, 0.1) is 0 Å². The molecule has 1 rings (SSSR count). The van der Waals surface area contributed by atoms with Crippen LogP contribution in [-0.4, -0.2) is 17.0 Å². The van der Waals surface area contributed by atoms with Crippen molar-refractivity contribution in [2.45, 2.75) is 18.8 Å². The van der Waals surface area contributed by atoms with Crippen molar-refractivity contribution >= 4 is 23.2 Å². The number of nitrogens with two attached hydrogens (primary N) is 1. The maximum Gasteiger partial charge on any atom is 0.304 e. The molecular formula is C9H11NO3S. The van der Waals surface area contributed by atoms with Gasteiger partial charge < -0.3 is 10.8 Å². The zero-order chi connectivity index (χ0) is 10.6. The van der Waals surface area contributed by atoms with Gasteiger partial charge in [0.05, 0.1) is 6.42 Å². The van der Waals surface area contributed by atoms with Crippen molar-refractivity contribution in [3.63, 3.8) is 0 Å². The summed E-state index contributed by atoms with van der Waals surface area (Å²) in [5, 5.41) is 10.5. The monoisotopic (exact) mass is 213 g/mol. The van der Waals surface area contributed by atoms with Gasteiger partial charge in [-0.05, 0) is 11.4 Å². The van der Waals surface area contributed by atoms with Gasteiger partial charge in [-0.1, -0.05) is 6.07 Å². The number of carbonyl (C=O) groups excluding carboxylic acids is 1. The Balaban J connectivity index is 2.71. The number of hydrogen-bond acceptors (Lipinski definition) is 3. The van der Waals surface area contributed by atoms with Gasteiger partial charge in [-0.3, -0.25) is 9.59 Å². The predicted octanol–water partition coefficient (Wildman–Crippen LogP) is 1.18. The molecule has 0 aliphatic carbocycles. The Bertz CT molecular complexity index is 305. The third-order valence-corrected chi connectivity index (χ3v) is 2.85. The van der Waals surface area contributed by atoms with E-state index in [4.69, 9.17) is 10.8 Å². The molecule has 0 aliphatic rings. The van der Waals surface area contributed by atoms with Crippen molar-refractivity contribution in [2.75, 3.05) is 0 Å². The number of primary amides is 1. The summed E-state index contributed by atoms with van der Waals surface area (Å²) in [4.78, 5) is 22.2. The molecule has 3 N–H and O–H groups in total. The van der Waals surface area contributed by atoms with E-state index in [0.29, 0.717) is 0 Å². The molecule has 0 saturated heterocycles. The summed E-state index contributed by atoms with van der Waals surface area (Å²) in [6, 6.07) is 3.65. The maximum atomic E-state index is 10.7. The Morgan fingerprint density at radius 3 is 2.64 bits per heavy atom. The number of carboxylic acid groups (broad SMARTS) is 1. The Labute approximate surface area is 85.4 Å². The minimum Gasteiger partial charge on any atom is -0.481 e. The van der Waals surface area contributed by atoms with Gasteiger partial charge in [0.2, 0.25) is 5.91 Å². The average molecular weight is 213 g/mol. The van der Waals surface area contributed by atoms with E-state index in [2.05, 4.69) is 0 Å². The van der Waals surface area contributed by atoms with Crippen LogP contribution < -0.4 is 5.73 Å². The lowest BCUT2D eigenvalue weighted by atomic mass is 9.99. The third kappa shape index (κ3) is 3.18. The zero-order valence-corrected chi connectivity index (χ0v) is 8.29. The van der Waals surface area contributed by atoms with E-state index in [1.54, 1.807) is 0 Å². The number of thiophene rings is 1. The molecule has 0 saturated carbocycles. The lowest BCUT2D eigenvalue weighted by Gasteiger charge is -2.09. The van der Waals surface area contributed by atoms with Gasteiger partial charge in [0, 0.05) is 17.2 Å². The fourth-order valence-corrected chi connectivity index (χ4v) is 2.08. The molecule has 0 fully saturated rings. The molecule has 0 bridgehead atoms. The van der Waals surface area contributed by atoms with E-state index >= 15 is 0 Å². The summed E-state index contributed by atoms with van der Waals surface area (Å²) in [6.45, 7) is 0. The van der Waals surface area contributed by atoms with Gasteiger partial charge in [-0.25, -0.2) is 0 Å². The van der Waals surface area contributed by atoms with Crippen molar-refractivity contribution in [1.82, 2.24) is 0 Å². The highest BCUT2D eigenvalue weighted by Gasteiger charge is 2.18. The van der Waals surface area contributed by atoms with Crippen molar-refractivity contribution < 1.29 is 14.7 Å². The van der Waals surface area contributed by atoms with E-state index in [9.17, 15) is 9.59 Å². The minimum absolute atomic E-state index is 0.0521. The first-order valence-electron chi connectivity index (χ1n) is 4.13. The molecule has 1 heterocycles. The first-order valence-corrected chi connectivity index (χ1v) is 5.01. The molecule has 0 spiro atoms. The molecule has 0 aromatic carbocycles. The highest BCUT2D eigenvalue weighted by atomic mass is 32.1. The fraction of sp³-hybridized carbons (Fsp3) is 0.333. The Morgan fingerprint density at radius 1 is 1.50 bits per heavy atom. The summed E-state index contributed by atoms with van der Waals surface area (Å²) in [5.74, 6) is -1.67. The van der Waals surface area contributed by atoms with Gasteiger partial charge in [0.25, 0.3) is 0 Å². The maximum absolute atomic E-state index is 10.7. The first-order chi connectivity index (χ1) is 6.59. The van der Waals surface area contributed by atoms with Gasteiger partial charge in [-0.15, -0.1) is 11.3 Å². The van der Waals surface area contributed by atoms with Gasteiger partial charge >= 0.3 is 5.97 Å². The zero-order valence-electron chi connectivity index (χ0n) is 7.47. The second-order valence-corrected chi connectivity index (χ2v) is 3.96. The average Bonchev–Trinajstić information content (AvgIpc) is 2.52. The molecule has 5 heteroatoms. The molecule has 1 aromatic rings. The van der Waals surface area contributed by atoms with E-state index in [0.717, 1.165) is 4.88 Å². The topological polar surface area (TPSA) is 80.4 Å². The van der Waals surface area contributed by atoms with Crippen molar-refractivity contribution in [2.24, 2.45) is 5.73 Å². The SMILES string of the molecule is NC(=O)CC(CC(=O)O)c1cccs1. The Hall–Kier alpha value is -1.36. The van der Waals surface area contributed by atoms with Crippen LogP contribution in [0.3, 0.4) is 0 Å². The number of hydrogen-bond donors (Lipinski definition) is 2. The Morgan fingerprint density at radius 2 is 2.21 bits per heavy atom. The summed E-state index contributed by atoms with van der Waals surface area (Å²) in [7, 11) is 0. The molecular weight excluding hydrogens is 202 g/mol. The lowest BCUT2D eigenvalue weighted by molar-refractivity contribution is -0.137. The molecule has 0 aliphatic heterocycles. The van der Waals surface area contributed by atoms with Crippen LogP contribution in [0.1, 0.15) is 23.6 Å². The summed E-state index contributed by atoms with van der Waals surface area (Å²) in [5.41, 5.74) is 5.05. The van der Waals surface area contributed by atoms with Crippen LogP contribution in [0.4, 0.5) is 0 Å². The quantitative estimate of drug-likeness (QED) is 0.770. The lowest BCUT2D eigenvalue weighted by Crippen LogP contribution is -2.16. The highest BCUT2D eigenvalue weighted by molar-refractivity contribution is 7.10. The number of carbonyl (C=O) groups is 2. The second kappa shape index (κ2) is 4.76. The third-order valence-electron chi connectivity index (χ3n) is 1.81. The van der Waals surface area contributed by atoms with Crippen molar-refractivity contribution in [3.8, 4) is 0 Å². The van der Waals surface area contributed by atoms with E-state index in [1.807, 2.05) is 17.5 Å². The smallest absolute Gasteiger partial charge is 0.304 e. The van der Waals surface area contributed by atoms with Crippen LogP contribution in [0.25, 0.3) is 0 Å². The summed E-state index contributed by atoms with van der Waals surface area (Å²) < 4.78 is 0. The molecule has 1 aromatic heterocycles. The number of amides is 1. The molecule has 1 amide bonds. The highest BCUT2D eigenvalue weighted by Crippen LogP contribution is 2.27. The van der Waals surface area contributed by atoms with E-state index in [1.165, 1.54) is 11.3 Å². The second-order valence-electron chi connectivity index (χ2n) is 2.98. The molecule has 0 radical (unpaired) electrons. The molecule has 4 nitrogen and oxygen atoms in total.